The molecule has 3 rings (SSSR count). The van der Waals surface area contributed by atoms with Gasteiger partial charge in [0.15, 0.2) is 5.13 Å². The summed E-state index contributed by atoms with van der Waals surface area (Å²) in [5.74, 6) is -0.311. The Hall–Kier alpha value is -2.32. The third-order valence-electron chi connectivity index (χ3n) is 3.48. The normalized spacial score (nSPS) is 14.4. The summed E-state index contributed by atoms with van der Waals surface area (Å²) in [5, 5.41) is 13.9. The third-order valence-corrected chi connectivity index (χ3v) is 4.48. The summed E-state index contributed by atoms with van der Waals surface area (Å²) in [7, 11) is 2.05. The maximum absolute atomic E-state index is 12.1. The lowest BCUT2D eigenvalue weighted by molar-refractivity contribution is -0.384. The lowest BCUT2D eigenvalue weighted by atomic mass is 10.2. The zero-order valence-corrected chi connectivity index (χ0v) is 12.7. The Kier molecular flexibility index (Phi) is 3.86. The summed E-state index contributed by atoms with van der Waals surface area (Å²) in [4.78, 5) is 30.1. The Morgan fingerprint density at radius 1 is 1.41 bits per heavy atom. The van der Waals surface area contributed by atoms with Gasteiger partial charge in [0, 0.05) is 42.1 Å². The molecule has 0 atom stereocenters. The second-order valence-electron chi connectivity index (χ2n) is 5.13. The Bertz CT molecular complexity index is 726. The van der Waals surface area contributed by atoms with E-state index in [0.717, 1.165) is 25.2 Å². The number of hydrogen-bond donors (Lipinski definition) is 1. The molecule has 1 aliphatic heterocycles. The van der Waals surface area contributed by atoms with Crippen LogP contribution in [-0.4, -0.2) is 34.3 Å². The van der Waals surface area contributed by atoms with Crippen LogP contribution >= 0.6 is 11.3 Å². The highest BCUT2D eigenvalue weighted by atomic mass is 32.1. The van der Waals surface area contributed by atoms with Gasteiger partial charge in [0.25, 0.3) is 11.6 Å². The highest BCUT2D eigenvalue weighted by Gasteiger charge is 2.19. The van der Waals surface area contributed by atoms with Crippen LogP contribution in [0.1, 0.15) is 20.9 Å². The average molecular weight is 318 g/mol. The van der Waals surface area contributed by atoms with Gasteiger partial charge in [-0.15, -0.1) is 11.3 Å². The van der Waals surface area contributed by atoms with E-state index in [1.54, 1.807) is 0 Å². The minimum atomic E-state index is -0.493. The van der Waals surface area contributed by atoms with Crippen molar-refractivity contribution < 1.29 is 9.72 Å². The van der Waals surface area contributed by atoms with Gasteiger partial charge >= 0.3 is 0 Å². The van der Waals surface area contributed by atoms with Gasteiger partial charge < -0.3 is 4.90 Å². The van der Waals surface area contributed by atoms with Crippen LogP contribution in [-0.2, 0) is 13.0 Å². The molecule has 1 aliphatic rings. The molecule has 1 aromatic carbocycles. The fraction of sp³-hybridized carbons (Fsp3) is 0.286. The molecule has 1 aromatic heterocycles. The number of anilines is 1. The monoisotopic (exact) mass is 318 g/mol. The molecule has 0 spiro atoms. The van der Waals surface area contributed by atoms with E-state index in [4.69, 9.17) is 0 Å². The van der Waals surface area contributed by atoms with Crippen LogP contribution in [0.2, 0.25) is 0 Å². The number of amides is 1. The summed E-state index contributed by atoms with van der Waals surface area (Å²) < 4.78 is 0. The molecule has 114 valence electrons. The number of nitro groups is 1. The number of carbonyl (C=O) groups excluding carboxylic acids is 1. The average Bonchev–Trinajstić information content (AvgIpc) is 2.88. The number of non-ortho nitro benzene ring substituents is 1. The largest absolute Gasteiger partial charge is 0.301 e. The molecule has 8 heteroatoms. The first-order valence-corrected chi connectivity index (χ1v) is 7.57. The van der Waals surface area contributed by atoms with Crippen LogP contribution < -0.4 is 5.32 Å². The molecule has 0 saturated carbocycles. The third kappa shape index (κ3) is 2.97. The van der Waals surface area contributed by atoms with Crippen molar-refractivity contribution in [1.29, 1.82) is 0 Å². The van der Waals surface area contributed by atoms with Crippen molar-refractivity contribution in [2.24, 2.45) is 0 Å². The Labute approximate surface area is 130 Å². The smallest absolute Gasteiger partial charge is 0.269 e. The molecule has 0 radical (unpaired) electrons. The van der Waals surface area contributed by atoms with E-state index in [0.29, 0.717) is 10.7 Å². The Morgan fingerprint density at radius 2 is 2.14 bits per heavy atom. The quantitative estimate of drug-likeness (QED) is 0.693. The topological polar surface area (TPSA) is 88.4 Å². The van der Waals surface area contributed by atoms with Crippen molar-refractivity contribution in [2.45, 2.75) is 13.0 Å². The number of nitrogens with one attached hydrogen (secondary N) is 1. The van der Waals surface area contributed by atoms with Crippen molar-refractivity contribution in [3.8, 4) is 0 Å². The minimum Gasteiger partial charge on any atom is -0.301 e. The summed E-state index contributed by atoms with van der Waals surface area (Å²) in [5.41, 5.74) is 1.38. The molecule has 1 amide bonds. The van der Waals surface area contributed by atoms with Crippen LogP contribution in [0.25, 0.3) is 0 Å². The predicted octanol–water partition coefficient (Wildman–Crippen LogP) is 2.29. The number of rotatable bonds is 3. The van der Waals surface area contributed by atoms with E-state index in [1.165, 1.54) is 40.5 Å². The Morgan fingerprint density at radius 3 is 2.82 bits per heavy atom. The van der Waals surface area contributed by atoms with Gasteiger partial charge in [-0.05, 0) is 19.2 Å². The molecule has 0 saturated heterocycles. The molecule has 0 bridgehead atoms. The van der Waals surface area contributed by atoms with Crippen LogP contribution in [0.3, 0.4) is 0 Å². The highest BCUT2D eigenvalue weighted by Crippen LogP contribution is 2.28. The summed E-state index contributed by atoms with van der Waals surface area (Å²) in [6, 6.07) is 5.51. The summed E-state index contributed by atoms with van der Waals surface area (Å²) in [6.07, 6.45) is 0.885. The van der Waals surface area contributed by atoms with Crippen molar-refractivity contribution in [3.05, 3.63) is 50.5 Å². The van der Waals surface area contributed by atoms with Crippen molar-refractivity contribution in [2.75, 3.05) is 18.9 Å². The first-order valence-electron chi connectivity index (χ1n) is 6.76. The van der Waals surface area contributed by atoms with Crippen LogP contribution in [0.4, 0.5) is 10.8 Å². The summed E-state index contributed by atoms with van der Waals surface area (Å²) in [6.45, 7) is 1.81. The number of hydrogen-bond acceptors (Lipinski definition) is 6. The van der Waals surface area contributed by atoms with Gasteiger partial charge in [0.05, 0.1) is 10.6 Å². The highest BCUT2D eigenvalue weighted by molar-refractivity contribution is 7.15. The molecule has 0 unspecified atom stereocenters. The van der Waals surface area contributed by atoms with E-state index in [-0.39, 0.29) is 11.6 Å². The number of nitrogens with zero attached hydrogens (tertiary/aromatic N) is 3. The van der Waals surface area contributed by atoms with E-state index in [1.807, 2.05) is 0 Å². The van der Waals surface area contributed by atoms with Gasteiger partial charge in [0.1, 0.15) is 0 Å². The second-order valence-corrected chi connectivity index (χ2v) is 6.22. The van der Waals surface area contributed by atoms with Gasteiger partial charge in [-0.1, -0.05) is 0 Å². The fourth-order valence-corrected chi connectivity index (χ4v) is 3.36. The molecule has 22 heavy (non-hydrogen) atoms. The van der Waals surface area contributed by atoms with E-state index in [2.05, 4.69) is 22.2 Å². The zero-order chi connectivity index (χ0) is 15.7. The van der Waals surface area contributed by atoms with E-state index >= 15 is 0 Å². The molecule has 7 nitrogen and oxygen atoms in total. The second kappa shape index (κ2) is 5.82. The molecule has 2 aromatic rings. The minimum absolute atomic E-state index is 0.0377. The van der Waals surface area contributed by atoms with E-state index < -0.39 is 4.92 Å². The summed E-state index contributed by atoms with van der Waals surface area (Å²) >= 11 is 1.48. The fourth-order valence-electron chi connectivity index (χ4n) is 2.28. The number of likely N-dealkylation sites (N-methyl/N-ethyl adjacent to an activating group) is 1. The molecule has 0 fully saturated rings. The van der Waals surface area contributed by atoms with Gasteiger partial charge in [-0.3, -0.25) is 20.2 Å². The van der Waals surface area contributed by atoms with Crippen molar-refractivity contribution >= 4 is 28.1 Å². The first-order chi connectivity index (χ1) is 10.5. The first kappa shape index (κ1) is 14.6. The van der Waals surface area contributed by atoms with Crippen LogP contribution in [0.15, 0.2) is 24.3 Å². The zero-order valence-electron chi connectivity index (χ0n) is 11.9. The number of nitro benzene ring substituents is 1. The van der Waals surface area contributed by atoms with Gasteiger partial charge in [-0.25, -0.2) is 4.98 Å². The molecular weight excluding hydrogens is 304 g/mol. The number of carbonyl (C=O) groups is 1. The van der Waals surface area contributed by atoms with E-state index in [9.17, 15) is 14.9 Å². The molecule has 0 aliphatic carbocycles. The maximum Gasteiger partial charge on any atom is 0.269 e. The van der Waals surface area contributed by atoms with Gasteiger partial charge in [0.2, 0.25) is 0 Å². The lowest BCUT2D eigenvalue weighted by Crippen LogP contribution is -2.25. The molecular formula is C14H14N4O3S. The van der Waals surface area contributed by atoms with Crippen molar-refractivity contribution in [1.82, 2.24) is 9.88 Å². The van der Waals surface area contributed by atoms with Gasteiger partial charge in [-0.2, -0.15) is 0 Å². The Balaban J connectivity index is 1.73. The van der Waals surface area contributed by atoms with Crippen LogP contribution in [0.5, 0.6) is 0 Å². The lowest BCUT2D eigenvalue weighted by Gasteiger charge is -2.20. The standard InChI is InChI=1S/C14H14N4O3S/c1-17-7-6-11-12(8-17)22-14(15-11)16-13(19)9-2-4-10(5-3-9)18(20)21/h2-5H,6-8H2,1H3,(H,15,16,19). The number of fused-ring (bicyclic) bond motifs is 1. The number of thiazole rings is 1. The number of benzene rings is 1. The molecule has 2 heterocycles. The number of aromatic nitrogens is 1. The maximum atomic E-state index is 12.1. The predicted molar refractivity (Wildman–Crippen MR) is 83.2 cm³/mol. The SMILES string of the molecule is CN1CCc2nc(NC(=O)c3ccc([N+](=O)[O-])cc3)sc2C1. The molecule has 1 N–H and O–H groups in total. The van der Waals surface area contributed by atoms with Crippen LogP contribution in [0, 0.1) is 10.1 Å². The van der Waals surface area contributed by atoms with Crippen molar-refractivity contribution in [3.63, 3.8) is 0 Å².